The number of rotatable bonds is 16. The van der Waals surface area contributed by atoms with E-state index in [0.29, 0.717) is 5.56 Å². The minimum atomic E-state index is -2.17. The molecule has 3 heterocycles. The first kappa shape index (κ1) is 49.1. The zero-order valence-electron chi connectivity index (χ0n) is 34.2. The third kappa shape index (κ3) is 11.9. The number of phenols is 5. The zero-order valence-corrected chi connectivity index (χ0v) is 34.2. The molecule has 3 aliphatic rings. The molecule has 2 fully saturated rings. The summed E-state index contributed by atoms with van der Waals surface area (Å²) in [4.78, 5) is 59.1. The Labute approximate surface area is 375 Å². The largest absolute Gasteiger partial charge is 0.571 e. The van der Waals surface area contributed by atoms with Gasteiger partial charge < -0.3 is 99.2 Å². The van der Waals surface area contributed by atoms with Gasteiger partial charge in [-0.15, -0.1) is 0 Å². The Morgan fingerprint density at radius 1 is 0.657 bits per heavy atom. The number of esters is 3. The SMILES string of the molecule is O=C(O)CC(=O)OCC1OC(Oc2cc(O)cc3c2C=C(OC2OC(COC(=O)C=Cc4ccc(O)cc4)C(O)C(O)C2O)C(c2cc(O)c(O)c(O)c2)[OH+]3)C(O)C(O)C1OC(=O)CC(=O)O. The van der Waals surface area contributed by atoms with E-state index in [2.05, 4.69) is 4.74 Å². The Kier molecular flexibility index (Phi) is 15.3. The Bertz CT molecular complexity index is 2370. The molecule has 0 amide bonds. The number of aliphatic carboxylic acids is 2. The maximum atomic E-state index is 12.5. The smallest absolute Gasteiger partial charge is 0.330 e. The zero-order chi connectivity index (χ0) is 48.9. The van der Waals surface area contributed by atoms with Gasteiger partial charge in [0.1, 0.15) is 91.6 Å². The highest BCUT2D eigenvalue weighted by Gasteiger charge is 2.50. The minimum Gasteiger partial charge on any atom is -0.571 e. The molecule has 0 radical (unpaired) electrons. The second-order valence-electron chi connectivity index (χ2n) is 15.0. The average Bonchev–Trinajstić information content (AvgIpc) is 3.26. The van der Waals surface area contributed by atoms with Crippen molar-refractivity contribution >= 4 is 42.0 Å². The van der Waals surface area contributed by atoms with E-state index in [1.54, 1.807) is 0 Å². The number of aliphatic hydroxyl groups excluding tert-OH is 5. The molecule has 0 spiro atoms. The van der Waals surface area contributed by atoms with E-state index in [1.807, 2.05) is 0 Å². The van der Waals surface area contributed by atoms with Gasteiger partial charge in [0, 0.05) is 18.2 Å². The average molecular weight is 948 g/mol. The van der Waals surface area contributed by atoms with Crippen LogP contribution < -0.4 is 4.74 Å². The van der Waals surface area contributed by atoms with Crippen molar-refractivity contribution < 1.29 is 123 Å². The van der Waals surface area contributed by atoms with Gasteiger partial charge in [-0.05, 0) is 35.9 Å². The van der Waals surface area contributed by atoms with Crippen LogP contribution in [0.2, 0.25) is 0 Å². The fourth-order valence-corrected chi connectivity index (χ4v) is 6.81. The Balaban J connectivity index is 1.30. The molecule has 13 N–H and O–H groups in total. The summed E-state index contributed by atoms with van der Waals surface area (Å²) in [5, 5.41) is 124. The number of hydrogen-bond donors (Lipinski definition) is 12. The maximum absolute atomic E-state index is 12.5. The number of carbonyl (C=O) groups is 5. The first-order valence-corrected chi connectivity index (χ1v) is 19.7. The fourth-order valence-electron chi connectivity index (χ4n) is 6.81. The van der Waals surface area contributed by atoms with Crippen LogP contribution in [0.3, 0.4) is 0 Å². The summed E-state index contributed by atoms with van der Waals surface area (Å²) in [6.07, 6.45) is -19.7. The number of carbonyl (C=O) groups excluding carboxylic acids is 3. The summed E-state index contributed by atoms with van der Waals surface area (Å²) in [5.74, 6) is -11.0. The lowest BCUT2D eigenvalue weighted by atomic mass is 9.98. The van der Waals surface area contributed by atoms with E-state index in [4.69, 9.17) is 43.4 Å². The van der Waals surface area contributed by atoms with Crippen LogP contribution in [-0.4, -0.2) is 170 Å². The van der Waals surface area contributed by atoms with Gasteiger partial charge in [0.2, 0.25) is 12.6 Å². The van der Waals surface area contributed by atoms with Crippen molar-refractivity contribution in [3.05, 3.63) is 77.1 Å². The first-order valence-electron chi connectivity index (χ1n) is 19.7. The van der Waals surface area contributed by atoms with E-state index in [0.717, 1.165) is 36.4 Å². The van der Waals surface area contributed by atoms with Gasteiger partial charge in [-0.3, -0.25) is 19.2 Å². The van der Waals surface area contributed by atoms with Gasteiger partial charge in [-0.1, -0.05) is 12.1 Å². The maximum Gasteiger partial charge on any atom is 0.330 e. The van der Waals surface area contributed by atoms with Crippen molar-refractivity contribution in [3.63, 3.8) is 0 Å². The lowest BCUT2D eigenvalue weighted by Crippen LogP contribution is -2.61. The van der Waals surface area contributed by atoms with Crippen molar-refractivity contribution in [3.8, 4) is 40.2 Å². The van der Waals surface area contributed by atoms with Gasteiger partial charge in [-0.2, -0.15) is 0 Å². The molecule has 3 aromatic rings. The molecule has 0 bridgehead atoms. The molecule has 25 nitrogen and oxygen atoms in total. The quantitative estimate of drug-likeness (QED) is 0.0202. The third-order valence-electron chi connectivity index (χ3n) is 10.1. The van der Waals surface area contributed by atoms with E-state index < -0.39 is 152 Å². The summed E-state index contributed by atoms with van der Waals surface area (Å²) in [7, 11) is 0. The molecule has 3 aromatic carbocycles. The molecule has 67 heavy (non-hydrogen) atoms. The number of fused-ring (bicyclic) bond motifs is 1. The van der Waals surface area contributed by atoms with E-state index in [1.165, 1.54) is 30.3 Å². The summed E-state index contributed by atoms with van der Waals surface area (Å²) < 4.78 is 43.0. The molecule has 3 aliphatic heterocycles. The van der Waals surface area contributed by atoms with Gasteiger partial charge >= 0.3 is 29.8 Å². The van der Waals surface area contributed by atoms with Gasteiger partial charge in [0.05, 0.1) is 11.6 Å². The van der Waals surface area contributed by atoms with Crippen molar-refractivity contribution in [2.45, 2.75) is 80.4 Å². The molecule has 0 aliphatic carbocycles. The number of carboxylic acid groups (broad SMARTS) is 2. The highest BCUT2D eigenvalue weighted by atomic mass is 16.7. The molecular weight excluding hydrogens is 904 g/mol. The molecule has 25 heteroatoms. The number of ether oxygens (including phenoxy) is 8. The number of aromatic hydroxyl groups is 6. The molecule has 0 aromatic heterocycles. The minimum absolute atomic E-state index is 0.0110. The molecule has 6 rings (SSSR count). The van der Waals surface area contributed by atoms with Crippen molar-refractivity contribution in [1.29, 1.82) is 0 Å². The van der Waals surface area contributed by atoms with Crippen LogP contribution in [0, 0.1) is 0 Å². The van der Waals surface area contributed by atoms with Crippen LogP contribution in [0.1, 0.15) is 35.6 Å². The molecule has 0 saturated carbocycles. The van der Waals surface area contributed by atoms with Crippen LogP contribution in [0.25, 0.3) is 12.2 Å². The molecule has 11 atom stereocenters. The van der Waals surface area contributed by atoms with Gasteiger partial charge in [0.25, 0.3) is 11.9 Å². The van der Waals surface area contributed by atoms with Crippen LogP contribution in [0.4, 0.5) is 0 Å². The van der Waals surface area contributed by atoms with Gasteiger partial charge in [-0.25, -0.2) is 4.79 Å². The Morgan fingerprint density at radius 2 is 1.25 bits per heavy atom. The Hall–Kier alpha value is -7.39. The van der Waals surface area contributed by atoms with E-state index in [9.17, 15) is 75.0 Å². The van der Waals surface area contributed by atoms with Crippen LogP contribution >= 0.6 is 0 Å². The second kappa shape index (κ2) is 20.8. The number of benzene rings is 3. The summed E-state index contributed by atoms with van der Waals surface area (Å²) in [6.45, 7) is -1.65. The van der Waals surface area contributed by atoms with Crippen LogP contribution in [0.15, 0.2) is 60.4 Å². The predicted octanol–water partition coefficient (Wildman–Crippen LogP) is -1.14. The first-order chi connectivity index (χ1) is 31.7. The molecular formula is C42H43O25+. The number of carboxylic acids is 2. The Morgan fingerprint density at radius 3 is 1.91 bits per heavy atom. The topological polar surface area (TPSA) is 406 Å². The normalized spacial score (nSPS) is 26.8. The lowest BCUT2D eigenvalue weighted by molar-refractivity contribution is -0.296. The highest BCUT2D eigenvalue weighted by Crippen LogP contribution is 2.48. The standard InChI is InChI=1S/C42H42O25/c43-18-4-1-16(2-5-18)3-6-30(51)60-14-26-34(55)35(56)37(58)41(65-26)64-25-11-20-23(62-39(25)17-7-21(45)33(54)22(46)8-17)9-19(44)10-24(20)63-42-38(59)36(57)40(67-32(53)13-29(49)50)27(66-42)15-61-31(52)12-28(47)48/h1-11,26-27,34-46,54-59H,12-15H2,(H,47,48)(H,49,50)/p+1. The number of phenolic OH excluding ortho intramolecular Hbond substituents is 5. The summed E-state index contributed by atoms with van der Waals surface area (Å²) in [6, 6.07) is 9.75. The summed E-state index contributed by atoms with van der Waals surface area (Å²) in [5.41, 5.74) is 0.271. The van der Waals surface area contributed by atoms with E-state index in [-0.39, 0.29) is 28.4 Å². The lowest BCUT2D eigenvalue weighted by Gasteiger charge is -2.42. The third-order valence-corrected chi connectivity index (χ3v) is 10.1. The van der Waals surface area contributed by atoms with Crippen LogP contribution in [0.5, 0.6) is 40.2 Å². The highest BCUT2D eigenvalue weighted by molar-refractivity contribution is 5.90. The second-order valence-corrected chi connectivity index (χ2v) is 15.0. The number of aliphatic hydroxyl groups is 6. The molecule has 2 saturated heterocycles. The van der Waals surface area contributed by atoms with Crippen molar-refractivity contribution in [1.82, 2.24) is 0 Å². The predicted molar refractivity (Wildman–Crippen MR) is 214 cm³/mol. The fraction of sp³-hybridized carbons (Fsp3) is 0.357. The van der Waals surface area contributed by atoms with E-state index >= 15 is 0 Å². The van der Waals surface area contributed by atoms with Crippen LogP contribution in [-0.2, 0) is 52.4 Å². The van der Waals surface area contributed by atoms with Crippen molar-refractivity contribution in [2.24, 2.45) is 0 Å². The van der Waals surface area contributed by atoms with Gasteiger partial charge in [0.15, 0.2) is 29.1 Å². The molecule has 11 unspecified atom stereocenters. The number of hydrogen-bond acceptors (Lipinski definition) is 22. The summed E-state index contributed by atoms with van der Waals surface area (Å²) >= 11 is 0. The molecule has 360 valence electrons. The van der Waals surface area contributed by atoms with Crippen molar-refractivity contribution in [2.75, 3.05) is 13.2 Å². The monoisotopic (exact) mass is 947 g/mol.